The molecule has 1 unspecified atom stereocenters. The van der Waals surface area contributed by atoms with Crippen molar-refractivity contribution in [1.29, 1.82) is 0 Å². The number of rotatable bonds is 6. The molecule has 1 saturated heterocycles. The van der Waals surface area contributed by atoms with Crippen LogP contribution in [-0.4, -0.2) is 65.4 Å². The fraction of sp³-hybridized carbons (Fsp3) is 0.304. The van der Waals surface area contributed by atoms with Crippen molar-refractivity contribution >= 4 is 28.4 Å². The van der Waals surface area contributed by atoms with Gasteiger partial charge in [0, 0.05) is 37.1 Å². The van der Waals surface area contributed by atoms with Crippen molar-refractivity contribution < 1.29 is 23.1 Å². The second-order valence-corrected chi connectivity index (χ2v) is 7.64. The van der Waals surface area contributed by atoms with E-state index in [-0.39, 0.29) is 23.3 Å². The van der Waals surface area contributed by atoms with Gasteiger partial charge >= 0.3 is 6.61 Å². The van der Waals surface area contributed by atoms with Crippen LogP contribution in [0.2, 0.25) is 0 Å². The first-order chi connectivity index (χ1) is 15.4. The molecular formula is C23H24F2N4O3. The maximum atomic E-state index is 12.9. The monoisotopic (exact) mass is 442 g/mol. The van der Waals surface area contributed by atoms with Crippen LogP contribution < -0.4 is 10.1 Å². The maximum absolute atomic E-state index is 12.9. The number of hydrogen-bond acceptors (Lipinski definition) is 4. The summed E-state index contributed by atoms with van der Waals surface area (Å²) in [5, 5.41) is 3.65. The number of aromatic nitrogens is 1. The summed E-state index contributed by atoms with van der Waals surface area (Å²) < 4.78 is 29.7. The van der Waals surface area contributed by atoms with Gasteiger partial charge in [0.2, 0.25) is 5.91 Å². The molecule has 1 aliphatic rings. The minimum Gasteiger partial charge on any atom is -0.433 e. The highest BCUT2D eigenvalue weighted by atomic mass is 19.3. The van der Waals surface area contributed by atoms with Gasteiger partial charge in [0.15, 0.2) is 0 Å². The molecule has 1 aromatic heterocycles. The Morgan fingerprint density at radius 2 is 1.72 bits per heavy atom. The second-order valence-electron chi connectivity index (χ2n) is 7.64. The van der Waals surface area contributed by atoms with Crippen molar-refractivity contribution in [2.24, 2.45) is 0 Å². The van der Waals surface area contributed by atoms with Gasteiger partial charge in [-0.2, -0.15) is 8.78 Å². The summed E-state index contributed by atoms with van der Waals surface area (Å²) in [6.45, 7) is 0.786. The average molecular weight is 442 g/mol. The molecule has 2 aromatic carbocycles. The van der Waals surface area contributed by atoms with Crippen LogP contribution in [0.4, 0.5) is 14.5 Å². The zero-order valence-electron chi connectivity index (χ0n) is 17.6. The number of hydrogen-bond donors (Lipinski definition) is 2. The Labute approximate surface area is 183 Å². The normalized spacial score (nSPS) is 15.7. The summed E-state index contributed by atoms with van der Waals surface area (Å²) in [5.41, 5.74) is 1.65. The van der Waals surface area contributed by atoms with Crippen molar-refractivity contribution in [3.63, 3.8) is 0 Å². The van der Waals surface area contributed by atoms with E-state index in [1.165, 1.54) is 12.1 Å². The zero-order chi connectivity index (χ0) is 22.7. The molecule has 0 radical (unpaired) electrons. The molecule has 1 fully saturated rings. The highest BCUT2D eigenvalue weighted by Gasteiger charge is 2.29. The molecule has 1 atom stereocenters. The number of carbonyl (C=O) groups excluding carboxylic acids is 2. The Kier molecular flexibility index (Phi) is 6.36. The summed E-state index contributed by atoms with van der Waals surface area (Å²) in [6.07, 6.45) is 0. The smallest absolute Gasteiger partial charge is 0.387 e. The van der Waals surface area contributed by atoms with E-state index in [1.807, 2.05) is 35.2 Å². The largest absolute Gasteiger partial charge is 0.433 e. The number of carbonyl (C=O) groups is 2. The first-order valence-electron chi connectivity index (χ1n) is 10.4. The Bertz CT molecular complexity index is 1080. The van der Waals surface area contributed by atoms with Crippen LogP contribution in [0.1, 0.15) is 17.4 Å². The molecule has 7 nitrogen and oxygen atoms in total. The quantitative estimate of drug-likeness (QED) is 0.612. The number of alkyl halides is 2. The van der Waals surface area contributed by atoms with Crippen molar-refractivity contribution in [3.8, 4) is 5.75 Å². The number of ether oxygens (including phenoxy) is 1. The third-order valence-electron chi connectivity index (χ3n) is 5.65. The van der Waals surface area contributed by atoms with Crippen LogP contribution in [0, 0.1) is 0 Å². The van der Waals surface area contributed by atoms with E-state index in [2.05, 4.69) is 15.0 Å². The number of amides is 2. The van der Waals surface area contributed by atoms with E-state index in [0.29, 0.717) is 31.9 Å². The van der Waals surface area contributed by atoms with Gasteiger partial charge in [0.1, 0.15) is 11.4 Å². The van der Waals surface area contributed by atoms with Crippen molar-refractivity contribution in [1.82, 2.24) is 14.8 Å². The Balaban J connectivity index is 1.34. The highest BCUT2D eigenvalue weighted by molar-refractivity contribution is 5.98. The molecule has 0 bridgehead atoms. The fourth-order valence-corrected chi connectivity index (χ4v) is 3.84. The predicted octanol–water partition coefficient (Wildman–Crippen LogP) is 3.55. The minimum absolute atomic E-state index is 0.0731. The SMILES string of the molecule is CC(C(=O)Nc1ccccc1OC(F)F)N1CCN(C(=O)c2cc3ccccc3[nH]2)CC1. The predicted molar refractivity (Wildman–Crippen MR) is 117 cm³/mol. The van der Waals surface area contributed by atoms with E-state index in [1.54, 1.807) is 24.0 Å². The summed E-state index contributed by atoms with van der Waals surface area (Å²) in [7, 11) is 0. The molecule has 1 aliphatic heterocycles. The molecule has 3 aromatic rings. The van der Waals surface area contributed by atoms with Crippen molar-refractivity contribution in [3.05, 3.63) is 60.3 Å². The molecule has 0 saturated carbocycles. The number of H-pyrrole nitrogens is 1. The molecule has 0 aliphatic carbocycles. The Morgan fingerprint density at radius 1 is 1.03 bits per heavy atom. The standard InChI is InChI=1S/C23H24F2N4O3/c1-15(21(30)27-18-8-4-5-9-20(18)32-23(24)25)28-10-12-29(13-11-28)22(31)19-14-16-6-2-3-7-17(16)26-19/h2-9,14-15,23,26H,10-13H2,1H3,(H,27,30). The van der Waals surface area contributed by atoms with Gasteiger partial charge in [0.05, 0.1) is 11.7 Å². The highest BCUT2D eigenvalue weighted by Crippen LogP contribution is 2.26. The Hall–Kier alpha value is -3.46. The van der Waals surface area contributed by atoms with Gasteiger partial charge in [-0.3, -0.25) is 14.5 Å². The van der Waals surface area contributed by atoms with Crippen LogP contribution in [0.3, 0.4) is 0 Å². The van der Waals surface area contributed by atoms with E-state index in [9.17, 15) is 18.4 Å². The molecule has 32 heavy (non-hydrogen) atoms. The first-order valence-corrected chi connectivity index (χ1v) is 10.4. The van der Waals surface area contributed by atoms with Gasteiger partial charge in [-0.1, -0.05) is 30.3 Å². The van der Waals surface area contributed by atoms with Crippen molar-refractivity contribution in [2.45, 2.75) is 19.6 Å². The molecule has 2 heterocycles. The van der Waals surface area contributed by atoms with Gasteiger partial charge in [0.25, 0.3) is 5.91 Å². The molecule has 2 N–H and O–H groups in total. The fourth-order valence-electron chi connectivity index (χ4n) is 3.84. The molecule has 0 spiro atoms. The van der Waals surface area contributed by atoms with Crippen molar-refractivity contribution in [2.75, 3.05) is 31.5 Å². The molecule has 168 valence electrons. The molecule has 9 heteroatoms. The summed E-state index contributed by atoms with van der Waals surface area (Å²) in [5.74, 6) is -0.487. The van der Waals surface area contributed by atoms with Gasteiger partial charge < -0.3 is 19.9 Å². The minimum atomic E-state index is -2.98. The van der Waals surface area contributed by atoms with E-state index < -0.39 is 12.7 Å². The summed E-state index contributed by atoms with van der Waals surface area (Å²) >= 11 is 0. The number of anilines is 1. The number of nitrogens with one attached hydrogen (secondary N) is 2. The van der Waals surface area contributed by atoms with E-state index in [4.69, 9.17) is 0 Å². The van der Waals surface area contributed by atoms with Gasteiger partial charge in [-0.05, 0) is 31.2 Å². The van der Waals surface area contributed by atoms with Crippen LogP contribution in [0.25, 0.3) is 10.9 Å². The number of para-hydroxylation sites is 3. The summed E-state index contributed by atoms with van der Waals surface area (Å²) in [4.78, 5) is 32.5. The lowest BCUT2D eigenvalue weighted by molar-refractivity contribution is -0.121. The number of benzene rings is 2. The Morgan fingerprint density at radius 3 is 2.44 bits per heavy atom. The van der Waals surface area contributed by atoms with Gasteiger partial charge in [-0.25, -0.2) is 0 Å². The van der Waals surface area contributed by atoms with Crippen LogP contribution in [0.15, 0.2) is 54.6 Å². The maximum Gasteiger partial charge on any atom is 0.387 e. The number of halogens is 2. The number of fused-ring (bicyclic) bond motifs is 1. The number of piperazine rings is 1. The molecule has 4 rings (SSSR count). The lowest BCUT2D eigenvalue weighted by Crippen LogP contribution is -2.54. The van der Waals surface area contributed by atoms with Crippen LogP contribution in [0.5, 0.6) is 5.75 Å². The summed E-state index contributed by atoms with van der Waals surface area (Å²) in [6, 6.07) is 15.1. The molecule has 2 amide bonds. The third-order valence-corrected chi connectivity index (χ3v) is 5.65. The first kappa shape index (κ1) is 21.8. The third kappa shape index (κ3) is 4.72. The number of nitrogens with zero attached hydrogens (tertiary/aromatic N) is 2. The average Bonchev–Trinajstić information content (AvgIpc) is 3.23. The zero-order valence-corrected chi connectivity index (χ0v) is 17.6. The lowest BCUT2D eigenvalue weighted by Gasteiger charge is -2.37. The number of aromatic amines is 1. The molecular weight excluding hydrogens is 418 g/mol. The van der Waals surface area contributed by atoms with E-state index in [0.717, 1.165) is 10.9 Å². The van der Waals surface area contributed by atoms with Crippen LogP contribution >= 0.6 is 0 Å². The van der Waals surface area contributed by atoms with Gasteiger partial charge in [-0.15, -0.1) is 0 Å². The topological polar surface area (TPSA) is 77.7 Å². The van der Waals surface area contributed by atoms with E-state index >= 15 is 0 Å². The van der Waals surface area contributed by atoms with Crippen LogP contribution in [-0.2, 0) is 4.79 Å². The lowest BCUT2D eigenvalue weighted by atomic mass is 10.2. The second kappa shape index (κ2) is 9.35.